The van der Waals surface area contributed by atoms with Crippen molar-refractivity contribution in [2.24, 2.45) is 0 Å². The smallest absolute Gasteiger partial charge is 0.298 e. The van der Waals surface area contributed by atoms with Crippen LogP contribution < -0.4 is 15.1 Å². The van der Waals surface area contributed by atoms with E-state index in [4.69, 9.17) is 9.72 Å². The molecule has 5 heterocycles. The summed E-state index contributed by atoms with van der Waals surface area (Å²) >= 11 is 0. The number of hydrogen-bond acceptors (Lipinski definition) is 6. The molecule has 0 unspecified atom stereocenters. The topological polar surface area (TPSA) is 79.2 Å². The van der Waals surface area contributed by atoms with E-state index in [1.54, 1.807) is 0 Å². The molecule has 2 fully saturated rings. The number of carbonyl (C=O) groups excluding carboxylic acids is 2. The number of hydrogen-bond donors (Lipinski definition) is 1. The van der Waals surface area contributed by atoms with Crippen LogP contribution in [0.25, 0.3) is 5.52 Å². The molecule has 1 aromatic carbocycles. The van der Waals surface area contributed by atoms with Crippen LogP contribution in [0.2, 0.25) is 0 Å². The number of fused-ring (bicyclic) bond motifs is 1. The van der Waals surface area contributed by atoms with Gasteiger partial charge in [-0.05, 0) is 105 Å². The highest BCUT2D eigenvalue weighted by molar-refractivity contribution is 6.46. The summed E-state index contributed by atoms with van der Waals surface area (Å²) in [6.07, 6.45) is 3.54. The average Bonchev–Trinajstić information content (AvgIpc) is 3.37. The Morgan fingerprint density at radius 2 is 1.66 bits per heavy atom. The van der Waals surface area contributed by atoms with Gasteiger partial charge in [0.25, 0.3) is 11.7 Å². The van der Waals surface area contributed by atoms with Gasteiger partial charge >= 0.3 is 0 Å². The molecule has 212 valence electrons. The molecule has 1 N–H and O–H groups in total. The molecule has 2 aliphatic rings. The Kier molecular flexibility index (Phi) is 7.49. The van der Waals surface area contributed by atoms with Gasteiger partial charge in [-0.3, -0.25) is 9.59 Å². The first kappa shape index (κ1) is 27.0. The van der Waals surface area contributed by atoms with Gasteiger partial charge in [-0.1, -0.05) is 6.07 Å². The maximum Gasteiger partial charge on any atom is 0.298 e. The molecule has 8 heteroatoms. The molecule has 0 spiro atoms. The molecule has 0 aliphatic carbocycles. The molecule has 0 bridgehead atoms. The molecule has 2 aliphatic heterocycles. The van der Waals surface area contributed by atoms with Crippen LogP contribution >= 0.6 is 0 Å². The molecule has 3 aromatic heterocycles. The van der Waals surface area contributed by atoms with E-state index in [2.05, 4.69) is 40.2 Å². The fourth-order valence-electron chi connectivity index (χ4n) is 6.15. The Bertz CT molecular complexity index is 1580. The third-order valence-electron chi connectivity index (χ3n) is 8.30. The minimum atomic E-state index is -0.618. The standard InChI is InChI=1S/C33H37N5O3/c1-22-18-24(3)34-30(19-22)37-14-12-36(13-15-37)26-7-8-29(23(2)20-26)35-33(40)32(39)31-28(25-9-16-41-17-10-25)21-27-6-4-5-11-38(27)31/h4-8,11,18-21,25H,9-10,12-17H2,1-3H3,(H,35,40). The summed E-state index contributed by atoms with van der Waals surface area (Å²) in [7, 11) is 0. The molecule has 0 radical (unpaired) electrons. The predicted molar refractivity (Wildman–Crippen MR) is 162 cm³/mol. The number of aryl methyl sites for hydroxylation is 3. The summed E-state index contributed by atoms with van der Waals surface area (Å²) in [6, 6.07) is 18.1. The van der Waals surface area contributed by atoms with Gasteiger partial charge in [-0.25, -0.2) is 4.98 Å². The van der Waals surface area contributed by atoms with E-state index in [0.717, 1.165) is 72.9 Å². The first-order valence-corrected chi connectivity index (χ1v) is 14.5. The van der Waals surface area contributed by atoms with Crippen molar-refractivity contribution < 1.29 is 14.3 Å². The van der Waals surface area contributed by atoms with Crippen LogP contribution in [0, 0.1) is 20.8 Å². The van der Waals surface area contributed by atoms with E-state index in [-0.39, 0.29) is 5.92 Å². The lowest BCUT2D eigenvalue weighted by Gasteiger charge is -2.37. The zero-order valence-corrected chi connectivity index (χ0v) is 24.0. The minimum Gasteiger partial charge on any atom is -0.381 e. The number of aromatic nitrogens is 2. The molecule has 1 amide bonds. The number of carbonyl (C=O) groups is 2. The Labute approximate surface area is 240 Å². The van der Waals surface area contributed by atoms with Gasteiger partial charge in [0.15, 0.2) is 0 Å². The first-order chi connectivity index (χ1) is 19.9. The van der Waals surface area contributed by atoms with E-state index in [1.165, 1.54) is 5.56 Å². The quantitative estimate of drug-likeness (QED) is 0.259. The third-order valence-corrected chi connectivity index (χ3v) is 8.30. The van der Waals surface area contributed by atoms with Gasteiger partial charge in [0.05, 0.1) is 0 Å². The molecule has 41 heavy (non-hydrogen) atoms. The molecular formula is C33H37N5O3. The van der Waals surface area contributed by atoms with Crippen LogP contribution in [0.3, 0.4) is 0 Å². The number of nitrogens with one attached hydrogen (secondary N) is 1. The van der Waals surface area contributed by atoms with Crippen LogP contribution in [0.15, 0.2) is 60.8 Å². The lowest BCUT2D eigenvalue weighted by atomic mass is 9.90. The van der Waals surface area contributed by atoms with Crippen molar-refractivity contribution in [1.29, 1.82) is 0 Å². The number of anilines is 3. The van der Waals surface area contributed by atoms with E-state index >= 15 is 0 Å². The Morgan fingerprint density at radius 1 is 0.902 bits per heavy atom. The van der Waals surface area contributed by atoms with E-state index in [0.29, 0.717) is 24.6 Å². The number of piperazine rings is 1. The first-order valence-electron chi connectivity index (χ1n) is 14.5. The molecular weight excluding hydrogens is 514 g/mol. The van der Waals surface area contributed by atoms with Gasteiger partial charge in [-0.15, -0.1) is 0 Å². The second kappa shape index (κ2) is 11.4. The highest BCUT2D eigenvalue weighted by atomic mass is 16.5. The second-order valence-electron chi connectivity index (χ2n) is 11.2. The van der Waals surface area contributed by atoms with Crippen molar-refractivity contribution in [2.75, 3.05) is 54.5 Å². The Morgan fingerprint density at radius 3 is 2.39 bits per heavy atom. The summed E-state index contributed by atoms with van der Waals surface area (Å²) in [5.74, 6) is 0.101. The number of rotatable bonds is 6. The minimum absolute atomic E-state index is 0.197. The number of Topliss-reactive ketones (excluding diaryl/α,β-unsaturated/α-hetero) is 1. The maximum absolute atomic E-state index is 13.6. The largest absolute Gasteiger partial charge is 0.381 e. The SMILES string of the molecule is Cc1cc(C)nc(N2CCN(c3ccc(NC(=O)C(=O)c4c(C5CCOCC5)cc5ccccn45)c(C)c3)CC2)c1. The van der Waals surface area contributed by atoms with Crippen molar-refractivity contribution in [3.8, 4) is 0 Å². The van der Waals surface area contributed by atoms with Gasteiger partial charge in [0.1, 0.15) is 11.5 Å². The highest BCUT2D eigenvalue weighted by Gasteiger charge is 2.29. The van der Waals surface area contributed by atoms with Crippen molar-refractivity contribution >= 4 is 34.4 Å². The van der Waals surface area contributed by atoms with Crippen molar-refractivity contribution in [3.63, 3.8) is 0 Å². The van der Waals surface area contributed by atoms with Crippen LogP contribution in [-0.2, 0) is 9.53 Å². The number of nitrogens with zero attached hydrogens (tertiary/aromatic N) is 4. The van der Waals surface area contributed by atoms with Gasteiger partial charge in [-0.2, -0.15) is 0 Å². The number of pyridine rings is 2. The number of amides is 1. The monoisotopic (exact) mass is 551 g/mol. The third kappa shape index (κ3) is 5.57. The van der Waals surface area contributed by atoms with E-state index < -0.39 is 11.7 Å². The summed E-state index contributed by atoms with van der Waals surface area (Å²) in [5.41, 5.74) is 7.26. The second-order valence-corrected chi connectivity index (χ2v) is 11.2. The fourth-order valence-corrected chi connectivity index (χ4v) is 6.15. The van der Waals surface area contributed by atoms with Crippen LogP contribution in [-0.4, -0.2) is 60.5 Å². The Hall–Kier alpha value is -4.17. The maximum atomic E-state index is 13.6. The van der Waals surface area contributed by atoms with E-state index in [9.17, 15) is 9.59 Å². The predicted octanol–water partition coefficient (Wildman–Crippen LogP) is 5.30. The van der Waals surface area contributed by atoms with Crippen molar-refractivity contribution in [1.82, 2.24) is 9.38 Å². The lowest BCUT2D eigenvalue weighted by Crippen LogP contribution is -2.46. The summed E-state index contributed by atoms with van der Waals surface area (Å²) in [5, 5.41) is 2.90. The summed E-state index contributed by atoms with van der Waals surface area (Å²) < 4.78 is 7.39. The zero-order chi connectivity index (χ0) is 28.5. The Balaban J connectivity index is 1.15. The van der Waals surface area contributed by atoms with Crippen LogP contribution in [0.5, 0.6) is 0 Å². The van der Waals surface area contributed by atoms with Gasteiger partial charge < -0.3 is 24.3 Å². The average molecular weight is 552 g/mol. The van der Waals surface area contributed by atoms with Crippen LogP contribution in [0.4, 0.5) is 17.2 Å². The fraction of sp³-hybridized carbons (Fsp3) is 0.364. The zero-order valence-electron chi connectivity index (χ0n) is 24.0. The van der Waals surface area contributed by atoms with E-state index in [1.807, 2.05) is 60.8 Å². The number of ketones is 1. The molecule has 2 saturated heterocycles. The normalized spacial score (nSPS) is 16.3. The summed E-state index contributed by atoms with van der Waals surface area (Å²) in [6.45, 7) is 11.0. The van der Waals surface area contributed by atoms with Crippen molar-refractivity contribution in [3.05, 3.63) is 88.9 Å². The van der Waals surface area contributed by atoms with Gasteiger partial charge in [0.2, 0.25) is 0 Å². The molecule has 0 saturated carbocycles. The summed E-state index contributed by atoms with van der Waals surface area (Å²) in [4.78, 5) is 36.4. The molecule has 6 rings (SSSR count). The molecule has 0 atom stereocenters. The molecule has 8 nitrogen and oxygen atoms in total. The van der Waals surface area contributed by atoms with Crippen molar-refractivity contribution in [2.45, 2.75) is 39.5 Å². The lowest BCUT2D eigenvalue weighted by molar-refractivity contribution is -0.112. The highest BCUT2D eigenvalue weighted by Crippen LogP contribution is 2.33. The molecule has 4 aromatic rings. The number of benzene rings is 1. The van der Waals surface area contributed by atoms with Crippen LogP contribution in [0.1, 0.15) is 51.6 Å². The number of ether oxygens (including phenoxy) is 1. The van der Waals surface area contributed by atoms with Gasteiger partial charge in [0, 0.05) is 68.2 Å².